The number of imidazole rings is 1. The Kier molecular flexibility index (Phi) is 4.31. The highest BCUT2D eigenvalue weighted by Crippen LogP contribution is 2.11. The van der Waals surface area contributed by atoms with Crippen LogP contribution < -0.4 is 10.6 Å². The molecule has 0 saturated heterocycles. The van der Waals surface area contributed by atoms with Gasteiger partial charge in [-0.05, 0) is 12.8 Å². The van der Waals surface area contributed by atoms with Crippen molar-refractivity contribution in [3.8, 4) is 6.07 Å². The van der Waals surface area contributed by atoms with Gasteiger partial charge in [0.15, 0.2) is 0 Å². The summed E-state index contributed by atoms with van der Waals surface area (Å²) in [4.78, 5) is 19.1. The quantitative estimate of drug-likeness (QED) is 0.649. The molecule has 1 aromatic heterocycles. The van der Waals surface area contributed by atoms with E-state index < -0.39 is 0 Å². The molecule has 0 fully saturated rings. The zero-order valence-electron chi connectivity index (χ0n) is 10.2. The summed E-state index contributed by atoms with van der Waals surface area (Å²) in [6, 6.07) is 1.89. The lowest BCUT2D eigenvalue weighted by molar-refractivity contribution is -0.123. The number of nitrogens with one attached hydrogen (secondary N) is 3. The number of aromatic amines is 1. The Morgan fingerprint density at radius 2 is 2.50 bits per heavy atom. The molecule has 3 N–H and O–H groups in total. The zero-order chi connectivity index (χ0) is 12.8. The number of H-pyrrole nitrogens is 1. The van der Waals surface area contributed by atoms with E-state index in [9.17, 15) is 4.79 Å². The van der Waals surface area contributed by atoms with Crippen LogP contribution in [0.4, 0.5) is 0 Å². The molecule has 0 saturated carbocycles. The number of fused-ring (bicyclic) bond motifs is 1. The van der Waals surface area contributed by atoms with E-state index in [0.717, 1.165) is 24.2 Å². The minimum atomic E-state index is -0.197. The summed E-state index contributed by atoms with van der Waals surface area (Å²) in [5.74, 6) is 0.0145. The van der Waals surface area contributed by atoms with E-state index in [4.69, 9.17) is 5.26 Å². The molecule has 1 unspecified atom stereocenters. The van der Waals surface area contributed by atoms with Crippen molar-refractivity contribution < 1.29 is 4.79 Å². The van der Waals surface area contributed by atoms with Crippen molar-refractivity contribution in [1.82, 2.24) is 20.6 Å². The Balaban J connectivity index is 1.73. The van der Waals surface area contributed by atoms with E-state index in [1.165, 1.54) is 0 Å². The Morgan fingerprint density at radius 3 is 3.33 bits per heavy atom. The molecule has 0 radical (unpaired) electrons. The number of nitriles is 1. The topological polar surface area (TPSA) is 93.6 Å². The lowest BCUT2D eigenvalue weighted by Gasteiger charge is -2.22. The van der Waals surface area contributed by atoms with Crippen molar-refractivity contribution in [1.29, 1.82) is 5.26 Å². The highest BCUT2D eigenvalue weighted by Gasteiger charge is 2.25. The predicted molar refractivity (Wildman–Crippen MR) is 65.4 cm³/mol. The lowest BCUT2D eigenvalue weighted by Crippen LogP contribution is -2.47. The van der Waals surface area contributed by atoms with E-state index >= 15 is 0 Å². The zero-order valence-corrected chi connectivity index (χ0v) is 10.2. The van der Waals surface area contributed by atoms with Crippen LogP contribution in [0.15, 0.2) is 6.33 Å². The third kappa shape index (κ3) is 3.08. The Bertz CT molecular complexity index is 448. The van der Waals surface area contributed by atoms with E-state index in [2.05, 4.69) is 26.7 Å². The number of hydrogen-bond acceptors (Lipinski definition) is 4. The summed E-state index contributed by atoms with van der Waals surface area (Å²) in [6.45, 7) is 1.29. The van der Waals surface area contributed by atoms with Crippen molar-refractivity contribution in [2.24, 2.45) is 0 Å². The average Bonchev–Trinajstić information content (AvgIpc) is 2.85. The highest BCUT2D eigenvalue weighted by molar-refractivity contribution is 5.82. The minimum absolute atomic E-state index is 0.0145. The number of hydrogen-bond donors (Lipinski definition) is 3. The third-order valence-electron chi connectivity index (χ3n) is 3.06. The Morgan fingerprint density at radius 1 is 1.61 bits per heavy atom. The van der Waals surface area contributed by atoms with Crippen LogP contribution in [0.5, 0.6) is 0 Å². The first-order valence-electron chi connectivity index (χ1n) is 6.20. The molecule has 6 heteroatoms. The van der Waals surface area contributed by atoms with Gasteiger partial charge in [0.2, 0.25) is 5.91 Å². The Labute approximate surface area is 106 Å². The maximum atomic E-state index is 11.9. The van der Waals surface area contributed by atoms with Gasteiger partial charge in [0.25, 0.3) is 0 Å². The van der Waals surface area contributed by atoms with Crippen LogP contribution in [0.25, 0.3) is 0 Å². The van der Waals surface area contributed by atoms with Crippen molar-refractivity contribution in [2.45, 2.75) is 38.3 Å². The second kappa shape index (κ2) is 6.17. The summed E-state index contributed by atoms with van der Waals surface area (Å²) < 4.78 is 0. The first-order valence-corrected chi connectivity index (χ1v) is 6.20. The van der Waals surface area contributed by atoms with Gasteiger partial charge in [-0.3, -0.25) is 10.1 Å². The molecule has 1 aliphatic heterocycles. The molecular formula is C12H17N5O. The van der Waals surface area contributed by atoms with Crippen LogP contribution in [-0.4, -0.2) is 28.5 Å². The van der Waals surface area contributed by atoms with Gasteiger partial charge in [0.1, 0.15) is 0 Å². The molecule has 2 rings (SSSR count). The first-order chi connectivity index (χ1) is 8.81. The van der Waals surface area contributed by atoms with Crippen molar-refractivity contribution in [3.05, 3.63) is 17.7 Å². The molecule has 0 aromatic carbocycles. The summed E-state index contributed by atoms with van der Waals surface area (Å²) in [5.41, 5.74) is 2.03. The molecule has 2 heterocycles. The van der Waals surface area contributed by atoms with Gasteiger partial charge in [-0.2, -0.15) is 5.26 Å². The van der Waals surface area contributed by atoms with Crippen LogP contribution in [0.2, 0.25) is 0 Å². The third-order valence-corrected chi connectivity index (χ3v) is 3.06. The van der Waals surface area contributed by atoms with Crippen molar-refractivity contribution in [3.63, 3.8) is 0 Å². The number of carbonyl (C=O) groups is 1. The smallest absolute Gasteiger partial charge is 0.237 e. The van der Waals surface area contributed by atoms with Gasteiger partial charge in [-0.1, -0.05) is 0 Å². The van der Waals surface area contributed by atoms with Gasteiger partial charge in [-0.25, -0.2) is 4.98 Å². The number of aromatic nitrogens is 2. The largest absolute Gasteiger partial charge is 0.355 e. The summed E-state index contributed by atoms with van der Waals surface area (Å²) in [6.07, 6.45) is 4.52. The van der Waals surface area contributed by atoms with E-state index in [-0.39, 0.29) is 11.9 Å². The van der Waals surface area contributed by atoms with Gasteiger partial charge < -0.3 is 10.3 Å². The molecule has 1 aromatic rings. The van der Waals surface area contributed by atoms with Crippen LogP contribution in [0, 0.1) is 11.3 Å². The molecule has 0 aliphatic carbocycles. The van der Waals surface area contributed by atoms with Crippen molar-refractivity contribution in [2.75, 3.05) is 6.54 Å². The normalized spacial score (nSPS) is 17.8. The fourth-order valence-electron chi connectivity index (χ4n) is 2.02. The maximum Gasteiger partial charge on any atom is 0.237 e. The molecule has 18 heavy (non-hydrogen) atoms. The number of rotatable bonds is 5. The fraction of sp³-hybridized carbons (Fsp3) is 0.583. The number of carbonyl (C=O) groups excluding carboxylic acids is 1. The fourth-order valence-corrected chi connectivity index (χ4v) is 2.02. The van der Waals surface area contributed by atoms with E-state index in [0.29, 0.717) is 25.9 Å². The standard InChI is InChI=1S/C12H17N5O/c13-4-2-1-3-5-14-12(18)10-6-9-11(7-15-10)17-8-16-9/h8,10,15H,1-3,5-7H2,(H,14,18)(H,16,17). The van der Waals surface area contributed by atoms with Crippen LogP contribution in [0.3, 0.4) is 0 Å². The summed E-state index contributed by atoms with van der Waals surface area (Å²) >= 11 is 0. The second-order valence-corrected chi connectivity index (χ2v) is 4.37. The molecule has 0 bridgehead atoms. The van der Waals surface area contributed by atoms with E-state index in [1.807, 2.05) is 0 Å². The van der Waals surface area contributed by atoms with Gasteiger partial charge in [-0.15, -0.1) is 0 Å². The average molecular weight is 247 g/mol. The van der Waals surface area contributed by atoms with Gasteiger partial charge in [0, 0.05) is 25.9 Å². The Hall–Kier alpha value is -1.87. The molecule has 6 nitrogen and oxygen atoms in total. The first kappa shape index (κ1) is 12.6. The number of unbranched alkanes of at least 4 members (excludes halogenated alkanes) is 2. The summed E-state index contributed by atoms with van der Waals surface area (Å²) in [7, 11) is 0. The number of nitrogens with zero attached hydrogens (tertiary/aromatic N) is 2. The highest BCUT2D eigenvalue weighted by atomic mass is 16.2. The molecule has 1 amide bonds. The van der Waals surface area contributed by atoms with Crippen molar-refractivity contribution >= 4 is 5.91 Å². The second-order valence-electron chi connectivity index (χ2n) is 4.37. The maximum absolute atomic E-state index is 11.9. The van der Waals surface area contributed by atoms with Gasteiger partial charge in [0.05, 0.1) is 29.8 Å². The van der Waals surface area contributed by atoms with Crippen LogP contribution >= 0.6 is 0 Å². The lowest BCUT2D eigenvalue weighted by atomic mass is 10.0. The van der Waals surface area contributed by atoms with Crippen LogP contribution in [-0.2, 0) is 17.8 Å². The van der Waals surface area contributed by atoms with Gasteiger partial charge >= 0.3 is 0 Å². The molecular weight excluding hydrogens is 230 g/mol. The molecule has 1 aliphatic rings. The monoisotopic (exact) mass is 247 g/mol. The minimum Gasteiger partial charge on any atom is -0.355 e. The number of amides is 1. The molecule has 1 atom stereocenters. The molecule has 96 valence electrons. The summed E-state index contributed by atoms with van der Waals surface area (Å²) in [5, 5.41) is 14.5. The predicted octanol–water partition coefficient (Wildman–Crippen LogP) is 0.234. The van der Waals surface area contributed by atoms with Crippen LogP contribution in [0.1, 0.15) is 30.7 Å². The van der Waals surface area contributed by atoms with E-state index in [1.54, 1.807) is 6.33 Å². The SMILES string of the molecule is N#CCCCCNC(=O)C1Cc2nc[nH]c2CN1. The molecule has 0 spiro atoms.